The van der Waals surface area contributed by atoms with Crippen molar-refractivity contribution in [2.45, 2.75) is 73.0 Å². The van der Waals surface area contributed by atoms with Crippen LogP contribution in [-0.4, -0.2) is 79.1 Å². The number of nitrogens with one attached hydrogen (secondary N) is 3. The molecule has 2 aromatic carbocycles. The number of pyridine rings is 1. The van der Waals surface area contributed by atoms with Gasteiger partial charge in [-0.05, 0) is 71.8 Å². The summed E-state index contributed by atoms with van der Waals surface area (Å²) in [7, 11) is 1.43. The number of carbonyl (C=O) groups is 3. The molecule has 7 N–H and O–H groups in total. The second-order valence-corrected chi connectivity index (χ2v) is 14.1. The molecule has 0 unspecified atom stereocenters. The van der Waals surface area contributed by atoms with E-state index in [-0.39, 0.29) is 48.2 Å². The molecule has 0 spiro atoms. The largest absolute Gasteiger partial charge is 0.416 e. The van der Waals surface area contributed by atoms with Crippen molar-refractivity contribution in [2.75, 3.05) is 33.4 Å². The van der Waals surface area contributed by atoms with Crippen molar-refractivity contribution < 1.29 is 32.3 Å². The van der Waals surface area contributed by atoms with Crippen molar-refractivity contribution in [3.8, 4) is 0 Å². The molecule has 3 amide bonds. The van der Waals surface area contributed by atoms with Gasteiger partial charge in [-0.2, -0.15) is 13.2 Å². The summed E-state index contributed by atoms with van der Waals surface area (Å²) in [6.07, 6.45) is 0.149. The van der Waals surface area contributed by atoms with Crippen LogP contribution in [0.4, 0.5) is 13.2 Å². The Bertz CT molecular complexity index is 1830. The molecule has 284 valence electrons. The SMILES string of the molecule is CN1C(=O)[C@H](COCCN)NC(=O)[C@H](CCCN)NCc2cccnc2Sc2c(Cl)ccc(C(F)(F)F)c2CNC(=O)[C@@H]1CC1=CCc2ccccc21. The molecule has 1 aromatic heterocycles. The van der Waals surface area contributed by atoms with Crippen molar-refractivity contribution >= 4 is 46.7 Å². The van der Waals surface area contributed by atoms with Gasteiger partial charge in [0, 0.05) is 44.2 Å². The first-order chi connectivity index (χ1) is 25.4. The number of ether oxygens (including phenoxy) is 1. The maximum Gasteiger partial charge on any atom is 0.416 e. The predicted molar refractivity (Wildman–Crippen MR) is 197 cm³/mol. The highest BCUT2D eigenvalue weighted by molar-refractivity contribution is 7.99. The molecule has 0 saturated carbocycles. The highest BCUT2D eigenvalue weighted by Gasteiger charge is 2.38. The quantitative estimate of drug-likeness (QED) is 0.202. The van der Waals surface area contributed by atoms with Crippen LogP contribution in [0, 0.1) is 0 Å². The number of aromatic nitrogens is 1. The molecule has 3 aromatic rings. The highest BCUT2D eigenvalue weighted by atomic mass is 35.5. The Morgan fingerprint density at radius 2 is 1.77 bits per heavy atom. The van der Waals surface area contributed by atoms with Crippen molar-refractivity contribution in [1.82, 2.24) is 25.8 Å². The zero-order chi connectivity index (χ0) is 38.1. The molecule has 1 aliphatic heterocycles. The summed E-state index contributed by atoms with van der Waals surface area (Å²) < 4.78 is 49.3. The van der Waals surface area contributed by atoms with Crippen LogP contribution in [0.25, 0.3) is 5.57 Å². The number of alkyl halides is 3. The Morgan fingerprint density at radius 1 is 1.00 bits per heavy atom. The highest BCUT2D eigenvalue weighted by Crippen LogP contribution is 2.43. The molecule has 5 rings (SSSR count). The van der Waals surface area contributed by atoms with Crippen LogP contribution in [0.3, 0.4) is 0 Å². The number of carbonyl (C=O) groups excluding carboxylic acids is 3. The summed E-state index contributed by atoms with van der Waals surface area (Å²) in [4.78, 5) is 48.2. The van der Waals surface area contributed by atoms with Gasteiger partial charge in [-0.15, -0.1) is 0 Å². The van der Waals surface area contributed by atoms with E-state index in [1.807, 2.05) is 30.3 Å². The van der Waals surface area contributed by atoms with Crippen LogP contribution in [0.1, 0.15) is 47.1 Å². The summed E-state index contributed by atoms with van der Waals surface area (Å²) in [6.45, 7) is -0.109. The van der Waals surface area contributed by atoms with Crippen LogP contribution >= 0.6 is 23.4 Å². The average molecular weight is 774 g/mol. The standard InChI is InChI=1S/C37H43ClF3N7O4S/c1-48-31(18-23-11-10-22-6-2-3-8-25(22)23)34(50)46-20-26-27(37(39,40)41)12-13-28(38)32(26)53-35-24(7-5-16-44-35)19-45-29(9-4-14-42)33(49)47-30(36(48)51)21-52-17-15-43/h2-3,5-8,11-13,16,29-31,45H,4,9-10,14-15,17-21,42-43H2,1H3,(H,46,50)(H,47,49)/t29-,30-,31-/m0/s1. The van der Waals surface area contributed by atoms with Crippen molar-refractivity contribution in [2.24, 2.45) is 11.5 Å². The van der Waals surface area contributed by atoms with E-state index in [0.717, 1.165) is 34.5 Å². The normalized spacial score (nSPS) is 20.1. The molecule has 16 heteroatoms. The van der Waals surface area contributed by atoms with Gasteiger partial charge in [0.25, 0.3) is 0 Å². The Kier molecular flexibility index (Phi) is 13.9. The zero-order valence-corrected chi connectivity index (χ0v) is 30.8. The van der Waals surface area contributed by atoms with Gasteiger partial charge in [-0.3, -0.25) is 14.4 Å². The Balaban J connectivity index is 1.61. The first-order valence-corrected chi connectivity index (χ1v) is 18.5. The van der Waals surface area contributed by atoms with Crippen molar-refractivity contribution in [3.63, 3.8) is 0 Å². The summed E-state index contributed by atoms with van der Waals surface area (Å²) in [5, 5.41) is 9.11. The van der Waals surface area contributed by atoms with Crippen molar-refractivity contribution in [1.29, 1.82) is 0 Å². The monoisotopic (exact) mass is 773 g/mol. The fraction of sp³-hybridized carbons (Fsp3) is 0.405. The van der Waals surface area contributed by atoms with E-state index in [1.54, 1.807) is 12.1 Å². The first kappa shape index (κ1) is 40.2. The summed E-state index contributed by atoms with van der Waals surface area (Å²) >= 11 is 7.53. The van der Waals surface area contributed by atoms with E-state index in [1.165, 1.54) is 24.2 Å². The van der Waals surface area contributed by atoms with Gasteiger partial charge >= 0.3 is 6.18 Å². The second-order valence-electron chi connectivity index (χ2n) is 12.7. The number of rotatable bonds is 9. The fourth-order valence-electron chi connectivity index (χ4n) is 6.36. The maximum atomic E-state index is 14.6. The topological polar surface area (TPSA) is 165 Å². The van der Waals surface area contributed by atoms with E-state index >= 15 is 0 Å². The number of nitrogens with zero attached hydrogens (tertiary/aromatic N) is 2. The Labute approximate surface area is 315 Å². The average Bonchev–Trinajstić information content (AvgIpc) is 3.55. The first-order valence-electron chi connectivity index (χ1n) is 17.3. The number of hydrogen-bond donors (Lipinski definition) is 5. The maximum absolute atomic E-state index is 14.6. The van der Waals surface area contributed by atoms with Crippen molar-refractivity contribution in [3.05, 3.63) is 93.6 Å². The second kappa shape index (κ2) is 18.4. The third-order valence-corrected chi connectivity index (χ3v) is 10.8. The molecular weight excluding hydrogens is 731 g/mol. The lowest BCUT2D eigenvalue weighted by atomic mass is 9.97. The lowest BCUT2D eigenvalue weighted by Crippen LogP contribution is -2.58. The van der Waals surface area contributed by atoms with Gasteiger partial charge in [0.15, 0.2) is 0 Å². The predicted octanol–water partition coefficient (Wildman–Crippen LogP) is 4.05. The zero-order valence-electron chi connectivity index (χ0n) is 29.2. The third-order valence-electron chi connectivity index (χ3n) is 9.18. The molecule has 2 heterocycles. The van der Waals surface area contributed by atoms with Crippen LogP contribution in [0.15, 0.2) is 70.7 Å². The summed E-state index contributed by atoms with van der Waals surface area (Å²) in [5.41, 5.74) is 13.6. The van der Waals surface area contributed by atoms with Gasteiger partial charge in [-0.1, -0.05) is 59.8 Å². The van der Waals surface area contributed by atoms with Crippen LogP contribution in [-0.2, 0) is 44.8 Å². The molecule has 0 radical (unpaired) electrons. The number of fused-ring (bicyclic) bond motifs is 3. The molecule has 0 saturated heterocycles. The molecule has 0 fully saturated rings. The Morgan fingerprint density at radius 3 is 2.53 bits per heavy atom. The molecule has 53 heavy (non-hydrogen) atoms. The fourth-order valence-corrected chi connectivity index (χ4v) is 7.71. The molecule has 0 bridgehead atoms. The summed E-state index contributed by atoms with van der Waals surface area (Å²) in [6, 6.07) is 9.88. The third kappa shape index (κ3) is 9.96. The van der Waals surface area contributed by atoms with E-state index in [2.05, 4.69) is 20.9 Å². The molecular formula is C37H43ClF3N7O4S. The number of likely N-dealkylation sites (N-methyl/N-ethyl adjacent to an activating group) is 1. The number of nitrogens with two attached hydrogens (primary N) is 2. The smallest absolute Gasteiger partial charge is 0.377 e. The van der Waals surface area contributed by atoms with Crippen LogP contribution < -0.4 is 27.4 Å². The Hall–Kier alpha value is -3.99. The van der Waals surface area contributed by atoms with Gasteiger partial charge in [0.1, 0.15) is 17.1 Å². The molecule has 11 nitrogen and oxygen atoms in total. The number of allylic oxidation sites excluding steroid dienone is 1. The van der Waals surface area contributed by atoms with Gasteiger partial charge in [0.2, 0.25) is 17.7 Å². The number of hydrogen-bond acceptors (Lipinski definition) is 9. The number of amides is 3. The lowest BCUT2D eigenvalue weighted by molar-refractivity contribution is -0.143. The number of benzene rings is 2. The number of halogens is 4. The minimum absolute atomic E-state index is 0.0341. The van der Waals surface area contributed by atoms with Crippen LogP contribution in [0.2, 0.25) is 5.02 Å². The molecule has 3 atom stereocenters. The van der Waals surface area contributed by atoms with E-state index in [4.69, 9.17) is 27.8 Å². The van der Waals surface area contributed by atoms with Gasteiger partial charge < -0.3 is 37.1 Å². The van der Waals surface area contributed by atoms with Crippen LogP contribution in [0.5, 0.6) is 0 Å². The van der Waals surface area contributed by atoms with E-state index in [0.29, 0.717) is 36.4 Å². The molecule has 1 aliphatic carbocycles. The minimum atomic E-state index is -4.78. The van der Waals surface area contributed by atoms with Gasteiger partial charge in [0.05, 0.1) is 29.8 Å². The molecule has 2 aliphatic rings. The minimum Gasteiger partial charge on any atom is -0.377 e. The van der Waals surface area contributed by atoms with Gasteiger partial charge in [-0.25, -0.2) is 4.98 Å². The lowest BCUT2D eigenvalue weighted by Gasteiger charge is -2.32. The van der Waals surface area contributed by atoms with E-state index < -0.39 is 54.1 Å². The summed E-state index contributed by atoms with van der Waals surface area (Å²) in [5.74, 6) is -1.83. The van der Waals surface area contributed by atoms with E-state index in [9.17, 15) is 27.6 Å².